The molecule has 1 rings (SSSR count). The van der Waals surface area contributed by atoms with Gasteiger partial charge in [-0.25, -0.2) is 0 Å². The first-order chi connectivity index (χ1) is 8.13. The molecule has 1 aromatic carbocycles. The maximum absolute atomic E-state index is 12.2. The van der Waals surface area contributed by atoms with Crippen molar-refractivity contribution in [2.24, 2.45) is 0 Å². The quantitative estimate of drug-likeness (QED) is 0.764. The van der Waals surface area contributed by atoms with Gasteiger partial charge in [0.1, 0.15) is 0 Å². The molecule has 0 aliphatic rings. The second-order valence-corrected chi connectivity index (χ2v) is 5.63. The van der Waals surface area contributed by atoms with Crippen LogP contribution in [-0.2, 0) is 26.4 Å². The summed E-state index contributed by atoms with van der Waals surface area (Å²) >= 11 is 0. The number of hydrogen-bond acceptors (Lipinski definition) is 4. The SMILES string of the molecule is CCOP(=O)(Cc1ccc(CO)cc1)OCC. The monoisotopic (exact) mass is 258 g/mol. The van der Waals surface area contributed by atoms with Crippen LogP contribution in [0.15, 0.2) is 24.3 Å². The van der Waals surface area contributed by atoms with Gasteiger partial charge in [-0.05, 0) is 25.0 Å². The lowest BCUT2D eigenvalue weighted by molar-refractivity contribution is 0.219. The Kier molecular flexibility index (Phi) is 5.86. The van der Waals surface area contributed by atoms with Crippen molar-refractivity contribution in [1.29, 1.82) is 0 Å². The van der Waals surface area contributed by atoms with Crippen LogP contribution in [-0.4, -0.2) is 18.3 Å². The van der Waals surface area contributed by atoms with E-state index in [0.717, 1.165) is 11.1 Å². The van der Waals surface area contributed by atoms with Crippen molar-refractivity contribution in [3.05, 3.63) is 35.4 Å². The third-order valence-electron chi connectivity index (χ3n) is 2.23. The van der Waals surface area contributed by atoms with Crippen LogP contribution in [0.1, 0.15) is 25.0 Å². The van der Waals surface area contributed by atoms with Gasteiger partial charge in [0.05, 0.1) is 26.0 Å². The Hall–Kier alpha value is -0.670. The molecule has 96 valence electrons. The molecule has 5 heteroatoms. The largest absolute Gasteiger partial charge is 0.392 e. The molecule has 0 amide bonds. The van der Waals surface area contributed by atoms with Crippen molar-refractivity contribution in [2.45, 2.75) is 26.6 Å². The second kappa shape index (κ2) is 6.92. The van der Waals surface area contributed by atoms with Crippen molar-refractivity contribution < 1.29 is 18.7 Å². The summed E-state index contributed by atoms with van der Waals surface area (Å²) in [5, 5.41) is 8.93. The second-order valence-electron chi connectivity index (χ2n) is 3.58. The molecule has 0 saturated heterocycles. The van der Waals surface area contributed by atoms with E-state index in [2.05, 4.69) is 0 Å². The predicted octanol–water partition coefficient (Wildman–Crippen LogP) is 2.95. The Labute approximate surface area is 102 Å². The van der Waals surface area contributed by atoms with E-state index in [0.29, 0.717) is 13.2 Å². The third kappa shape index (κ3) is 4.60. The molecule has 0 aromatic heterocycles. The Morgan fingerprint density at radius 1 is 1.06 bits per heavy atom. The van der Waals surface area contributed by atoms with Crippen molar-refractivity contribution in [2.75, 3.05) is 13.2 Å². The van der Waals surface area contributed by atoms with E-state index >= 15 is 0 Å². The number of hydrogen-bond donors (Lipinski definition) is 1. The standard InChI is InChI=1S/C12H19O4P/c1-3-15-17(14,16-4-2)10-12-7-5-11(9-13)6-8-12/h5-8,13H,3-4,9-10H2,1-2H3. The molecule has 0 atom stereocenters. The van der Waals surface area contributed by atoms with Gasteiger partial charge in [-0.15, -0.1) is 0 Å². The highest BCUT2D eigenvalue weighted by molar-refractivity contribution is 7.53. The number of aliphatic hydroxyl groups excluding tert-OH is 1. The van der Waals surface area contributed by atoms with Crippen LogP contribution in [0.25, 0.3) is 0 Å². The Balaban J connectivity index is 2.75. The van der Waals surface area contributed by atoms with Crippen LogP contribution in [0, 0.1) is 0 Å². The molecule has 0 heterocycles. The molecule has 17 heavy (non-hydrogen) atoms. The average molecular weight is 258 g/mol. The van der Waals surface area contributed by atoms with E-state index < -0.39 is 7.60 Å². The summed E-state index contributed by atoms with van der Waals surface area (Å²) in [6.07, 6.45) is 0.264. The van der Waals surface area contributed by atoms with Crippen molar-refractivity contribution in [3.63, 3.8) is 0 Å². The maximum atomic E-state index is 12.2. The van der Waals surface area contributed by atoms with Gasteiger partial charge in [0.2, 0.25) is 0 Å². The summed E-state index contributed by atoms with van der Waals surface area (Å²) in [6, 6.07) is 7.27. The van der Waals surface area contributed by atoms with Crippen molar-refractivity contribution in [1.82, 2.24) is 0 Å². The molecule has 1 aromatic rings. The summed E-state index contributed by atoms with van der Waals surface area (Å²) in [5.41, 5.74) is 1.71. The molecular formula is C12H19O4P. The van der Waals surface area contributed by atoms with Crippen LogP contribution in [0.3, 0.4) is 0 Å². The van der Waals surface area contributed by atoms with E-state index in [-0.39, 0.29) is 12.8 Å². The predicted molar refractivity (Wildman–Crippen MR) is 66.9 cm³/mol. The topological polar surface area (TPSA) is 55.8 Å². The van der Waals surface area contributed by atoms with E-state index in [1.807, 2.05) is 12.1 Å². The van der Waals surface area contributed by atoms with Crippen LogP contribution in [0.2, 0.25) is 0 Å². The number of rotatable bonds is 7. The third-order valence-corrected chi connectivity index (χ3v) is 4.29. The lowest BCUT2D eigenvalue weighted by Crippen LogP contribution is -1.99. The summed E-state index contributed by atoms with van der Waals surface area (Å²) in [6.45, 7) is 4.33. The Morgan fingerprint density at radius 3 is 1.94 bits per heavy atom. The molecule has 1 N–H and O–H groups in total. The van der Waals surface area contributed by atoms with Gasteiger partial charge in [0.15, 0.2) is 0 Å². The molecule has 0 aliphatic heterocycles. The highest BCUT2D eigenvalue weighted by Crippen LogP contribution is 2.51. The molecular weight excluding hydrogens is 239 g/mol. The minimum atomic E-state index is -3.03. The van der Waals surface area contributed by atoms with Crippen LogP contribution < -0.4 is 0 Å². The Morgan fingerprint density at radius 2 is 1.53 bits per heavy atom. The minimum absolute atomic E-state index is 0.00879. The first-order valence-corrected chi connectivity index (χ1v) is 7.43. The van der Waals surface area contributed by atoms with Gasteiger partial charge in [-0.3, -0.25) is 4.57 Å². The lowest BCUT2D eigenvalue weighted by atomic mass is 10.2. The zero-order chi connectivity index (χ0) is 12.7. The fourth-order valence-corrected chi connectivity index (χ4v) is 3.20. The molecule has 0 spiro atoms. The first kappa shape index (κ1) is 14.4. The van der Waals surface area contributed by atoms with E-state index in [1.54, 1.807) is 26.0 Å². The summed E-state index contributed by atoms with van der Waals surface area (Å²) < 4.78 is 22.7. The van der Waals surface area contributed by atoms with Crippen LogP contribution in [0.4, 0.5) is 0 Å². The zero-order valence-electron chi connectivity index (χ0n) is 10.3. The highest BCUT2D eigenvalue weighted by atomic mass is 31.2. The lowest BCUT2D eigenvalue weighted by Gasteiger charge is -2.16. The normalized spacial score (nSPS) is 11.7. The van der Waals surface area contributed by atoms with Gasteiger partial charge in [0, 0.05) is 0 Å². The molecule has 0 bridgehead atoms. The van der Waals surface area contributed by atoms with Gasteiger partial charge >= 0.3 is 7.60 Å². The molecule has 0 aliphatic carbocycles. The van der Waals surface area contributed by atoms with Crippen LogP contribution >= 0.6 is 7.60 Å². The fraction of sp³-hybridized carbons (Fsp3) is 0.500. The van der Waals surface area contributed by atoms with E-state index in [9.17, 15) is 4.57 Å². The van der Waals surface area contributed by atoms with Gasteiger partial charge < -0.3 is 14.2 Å². The zero-order valence-corrected chi connectivity index (χ0v) is 11.2. The molecule has 0 unspecified atom stereocenters. The minimum Gasteiger partial charge on any atom is -0.392 e. The van der Waals surface area contributed by atoms with Gasteiger partial charge in [-0.2, -0.15) is 0 Å². The average Bonchev–Trinajstić information content (AvgIpc) is 2.30. The van der Waals surface area contributed by atoms with E-state index in [1.165, 1.54) is 0 Å². The van der Waals surface area contributed by atoms with E-state index in [4.69, 9.17) is 14.2 Å². The molecule has 0 radical (unpaired) electrons. The van der Waals surface area contributed by atoms with Crippen molar-refractivity contribution in [3.8, 4) is 0 Å². The van der Waals surface area contributed by atoms with Crippen LogP contribution in [0.5, 0.6) is 0 Å². The summed E-state index contributed by atoms with van der Waals surface area (Å²) in [7, 11) is -3.03. The summed E-state index contributed by atoms with van der Waals surface area (Å²) in [5.74, 6) is 0. The molecule has 0 saturated carbocycles. The molecule has 4 nitrogen and oxygen atoms in total. The summed E-state index contributed by atoms with van der Waals surface area (Å²) in [4.78, 5) is 0. The maximum Gasteiger partial charge on any atom is 0.335 e. The number of benzene rings is 1. The van der Waals surface area contributed by atoms with Crippen molar-refractivity contribution >= 4 is 7.60 Å². The Bertz CT molecular complexity index is 365. The molecule has 0 fully saturated rings. The fourth-order valence-electron chi connectivity index (χ4n) is 1.50. The smallest absolute Gasteiger partial charge is 0.335 e. The highest BCUT2D eigenvalue weighted by Gasteiger charge is 2.23. The number of aliphatic hydroxyl groups is 1. The van der Waals surface area contributed by atoms with Gasteiger partial charge in [0.25, 0.3) is 0 Å². The van der Waals surface area contributed by atoms with Gasteiger partial charge in [-0.1, -0.05) is 24.3 Å². The first-order valence-electron chi connectivity index (χ1n) is 5.70.